The summed E-state index contributed by atoms with van der Waals surface area (Å²) >= 11 is 6.28. The zero-order chi connectivity index (χ0) is 27.8. The summed E-state index contributed by atoms with van der Waals surface area (Å²) in [5.41, 5.74) is 4.22. The van der Waals surface area contributed by atoms with E-state index >= 15 is 0 Å². The first-order chi connectivity index (χ1) is 18.3. The SMILES string of the molecule is CC.CNC(=O)C(Cc1ccc(-c2nc3ccccc3n2C)cc1)NC(=O)c1ccc(OC(C)C)c(Cl)c1. The fraction of sp³-hybridized carbons (Fsp3) is 0.300. The minimum absolute atomic E-state index is 0.0392. The molecule has 0 radical (unpaired) electrons. The largest absolute Gasteiger partial charge is 0.489 e. The zero-order valence-electron chi connectivity index (χ0n) is 22.7. The molecule has 7 nitrogen and oxygen atoms in total. The number of para-hydroxylation sites is 2. The Bertz CT molecular complexity index is 1400. The van der Waals surface area contributed by atoms with Crippen LogP contribution in [0.3, 0.4) is 0 Å². The van der Waals surface area contributed by atoms with E-state index in [9.17, 15) is 9.59 Å². The summed E-state index contributed by atoms with van der Waals surface area (Å²) < 4.78 is 7.68. The van der Waals surface area contributed by atoms with Gasteiger partial charge in [-0.25, -0.2) is 4.98 Å². The molecule has 4 rings (SSSR count). The predicted octanol–water partition coefficient (Wildman–Crippen LogP) is 5.79. The van der Waals surface area contributed by atoms with Crippen molar-refractivity contribution in [3.05, 3.63) is 82.9 Å². The number of halogens is 1. The van der Waals surface area contributed by atoms with Gasteiger partial charge >= 0.3 is 0 Å². The first-order valence-electron chi connectivity index (χ1n) is 12.8. The number of ether oxygens (including phenoxy) is 1. The lowest BCUT2D eigenvalue weighted by Gasteiger charge is -2.18. The van der Waals surface area contributed by atoms with Gasteiger partial charge in [0.15, 0.2) is 0 Å². The smallest absolute Gasteiger partial charge is 0.251 e. The van der Waals surface area contributed by atoms with Crippen molar-refractivity contribution in [2.24, 2.45) is 7.05 Å². The van der Waals surface area contributed by atoms with Gasteiger partial charge in [0, 0.05) is 31.6 Å². The first kappa shape index (κ1) is 28.7. The maximum atomic E-state index is 12.9. The maximum absolute atomic E-state index is 12.9. The minimum atomic E-state index is -0.755. The van der Waals surface area contributed by atoms with Gasteiger partial charge in [-0.2, -0.15) is 0 Å². The van der Waals surface area contributed by atoms with Gasteiger partial charge in [-0.3, -0.25) is 9.59 Å². The molecule has 1 heterocycles. The number of aromatic nitrogens is 2. The molecule has 0 spiro atoms. The quantitative estimate of drug-likeness (QED) is 0.299. The lowest BCUT2D eigenvalue weighted by atomic mass is 10.0. The number of carbonyl (C=O) groups excluding carboxylic acids is 2. The second kappa shape index (κ2) is 13.1. The lowest BCUT2D eigenvalue weighted by molar-refractivity contribution is -0.122. The van der Waals surface area contributed by atoms with E-state index < -0.39 is 11.9 Å². The fourth-order valence-corrected chi connectivity index (χ4v) is 4.27. The molecule has 1 aromatic heterocycles. The number of hydrogen-bond donors (Lipinski definition) is 2. The third kappa shape index (κ3) is 6.72. The van der Waals surface area contributed by atoms with Crippen molar-refractivity contribution in [2.45, 2.75) is 46.3 Å². The van der Waals surface area contributed by atoms with Crippen LogP contribution in [0.5, 0.6) is 5.75 Å². The molecule has 38 heavy (non-hydrogen) atoms. The van der Waals surface area contributed by atoms with Crippen LogP contribution < -0.4 is 15.4 Å². The molecule has 200 valence electrons. The predicted molar refractivity (Wildman–Crippen MR) is 154 cm³/mol. The molecule has 2 N–H and O–H groups in total. The molecule has 1 unspecified atom stereocenters. The summed E-state index contributed by atoms with van der Waals surface area (Å²) in [6.45, 7) is 7.80. The normalized spacial score (nSPS) is 11.5. The Hall–Kier alpha value is -3.84. The van der Waals surface area contributed by atoms with Gasteiger partial charge in [-0.15, -0.1) is 0 Å². The molecule has 2 amide bonds. The van der Waals surface area contributed by atoms with Crippen molar-refractivity contribution in [1.29, 1.82) is 0 Å². The highest BCUT2D eigenvalue weighted by Gasteiger charge is 2.22. The molecule has 0 bridgehead atoms. The second-order valence-electron chi connectivity index (χ2n) is 8.84. The minimum Gasteiger partial charge on any atom is -0.489 e. The number of benzene rings is 3. The van der Waals surface area contributed by atoms with Crippen molar-refractivity contribution in [2.75, 3.05) is 7.05 Å². The third-order valence-electron chi connectivity index (χ3n) is 5.86. The van der Waals surface area contributed by atoms with Crippen molar-refractivity contribution in [1.82, 2.24) is 20.2 Å². The molecule has 0 saturated heterocycles. The van der Waals surface area contributed by atoms with Crippen LogP contribution >= 0.6 is 11.6 Å². The second-order valence-corrected chi connectivity index (χ2v) is 9.24. The molecule has 4 aromatic rings. The van der Waals surface area contributed by atoms with Crippen LogP contribution in [0.15, 0.2) is 66.7 Å². The number of nitrogens with one attached hydrogen (secondary N) is 2. The topological polar surface area (TPSA) is 85.3 Å². The summed E-state index contributed by atoms with van der Waals surface area (Å²) in [6.07, 6.45) is 0.291. The highest BCUT2D eigenvalue weighted by molar-refractivity contribution is 6.32. The van der Waals surface area contributed by atoms with Crippen molar-refractivity contribution < 1.29 is 14.3 Å². The number of nitrogens with zero attached hydrogens (tertiary/aromatic N) is 2. The summed E-state index contributed by atoms with van der Waals surface area (Å²) in [5.74, 6) is 0.694. The van der Waals surface area contributed by atoms with Gasteiger partial charge in [0.05, 0.1) is 22.2 Å². The summed E-state index contributed by atoms with van der Waals surface area (Å²) in [7, 11) is 3.54. The van der Waals surface area contributed by atoms with E-state index in [1.165, 1.54) is 0 Å². The summed E-state index contributed by atoms with van der Waals surface area (Å²) in [5, 5.41) is 5.80. The van der Waals surface area contributed by atoms with Crippen LogP contribution in [0.1, 0.15) is 43.6 Å². The molecular formula is C30H35ClN4O3. The fourth-order valence-electron chi connectivity index (χ4n) is 4.05. The number of rotatable bonds is 8. The van der Waals surface area contributed by atoms with E-state index in [0.29, 0.717) is 22.8 Å². The number of amides is 2. The average Bonchev–Trinajstić information content (AvgIpc) is 3.26. The summed E-state index contributed by atoms with van der Waals surface area (Å²) in [4.78, 5) is 30.2. The standard InChI is InChI=1S/C28H29ClN4O3.C2H6/c1-17(2)36-25-14-13-20(16-21(25)29)27(34)32-23(28(35)30-3)15-18-9-11-19(12-10-18)26-31-22-7-5-6-8-24(22)33(26)4;1-2/h5-14,16-17,23H,15H2,1-4H3,(H,30,35)(H,32,34);1-2H3. The molecule has 0 fully saturated rings. The molecule has 0 saturated carbocycles. The summed E-state index contributed by atoms with van der Waals surface area (Å²) in [6, 6.07) is 19.9. The number of imidazole rings is 1. The number of likely N-dealkylation sites (N-methyl/N-ethyl adjacent to an activating group) is 1. The van der Waals surface area contributed by atoms with Gasteiger partial charge in [-0.1, -0.05) is 61.8 Å². The van der Waals surface area contributed by atoms with E-state index in [1.807, 2.05) is 83.3 Å². The van der Waals surface area contributed by atoms with Gasteiger partial charge in [0.1, 0.15) is 17.6 Å². The molecule has 0 aliphatic carbocycles. The van der Waals surface area contributed by atoms with Crippen LogP contribution in [0.2, 0.25) is 5.02 Å². The maximum Gasteiger partial charge on any atom is 0.251 e. The van der Waals surface area contributed by atoms with Crippen LogP contribution in [-0.2, 0) is 18.3 Å². The van der Waals surface area contributed by atoms with Gasteiger partial charge < -0.3 is 19.9 Å². The van der Waals surface area contributed by atoms with Crippen molar-refractivity contribution in [3.8, 4) is 17.1 Å². The van der Waals surface area contributed by atoms with E-state index in [1.54, 1.807) is 25.2 Å². The Morgan fingerprint density at radius 3 is 2.32 bits per heavy atom. The Labute approximate surface area is 229 Å². The number of aryl methyl sites for hydroxylation is 1. The van der Waals surface area contributed by atoms with Crippen LogP contribution in [-0.4, -0.2) is 40.6 Å². The Balaban J connectivity index is 0.00000195. The van der Waals surface area contributed by atoms with Crippen molar-refractivity contribution >= 4 is 34.4 Å². The zero-order valence-corrected chi connectivity index (χ0v) is 23.5. The van der Waals surface area contributed by atoms with Gasteiger partial charge in [-0.05, 0) is 49.7 Å². The van der Waals surface area contributed by atoms with Gasteiger partial charge in [0.25, 0.3) is 5.91 Å². The van der Waals surface area contributed by atoms with E-state index in [4.69, 9.17) is 21.3 Å². The van der Waals surface area contributed by atoms with Crippen LogP contribution in [0.25, 0.3) is 22.4 Å². The van der Waals surface area contributed by atoms with Crippen LogP contribution in [0.4, 0.5) is 0 Å². The Kier molecular flexibility index (Phi) is 9.91. The molecule has 0 aliphatic rings. The van der Waals surface area contributed by atoms with E-state index in [0.717, 1.165) is 28.0 Å². The Morgan fingerprint density at radius 1 is 1.03 bits per heavy atom. The van der Waals surface area contributed by atoms with E-state index in [2.05, 4.69) is 15.2 Å². The molecule has 8 heteroatoms. The number of hydrogen-bond acceptors (Lipinski definition) is 4. The van der Waals surface area contributed by atoms with Crippen LogP contribution in [0, 0.1) is 0 Å². The van der Waals surface area contributed by atoms with Crippen molar-refractivity contribution in [3.63, 3.8) is 0 Å². The highest BCUT2D eigenvalue weighted by atomic mass is 35.5. The number of carbonyl (C=O) groups is 2. The lowest BCUT2D eigenvalue weighted by Crippen LogP contribution is -2.47. The first-order valence-corrected chi connectivity index (χ1v) is 13.1. The molecule has 1 atom stereocenters. The van der Waals surface area contributed by atoms with E-state index in [-0.39, 0.29) is 12.0 Å². The Morgan fingerprint density at radius 2 is 1.71 bits per heavy atom. The monoisotopic (exact) mass is 534 g/mol. The molecule has 3 aromatic carbocycles. The third-order valence-corrected chi connectivity index (χ3v) is 6.16. The molecule has 0 aliphatic heterocycles. The van der Waals surface area contributed by atoms with Gasteiger partial charge in [0.2, 0.25) is 5.91 Å². The highest BCUT2D eigenvalue weighted by Crippen LogP contribution is 2.27. The number of fused-ring (bicyclic) bond motifs is 1. The molecular weight excluding hydrogens is 500 g/mol. The average molecular weight is 535 g/mol.